The molecule has 3 aromatic carbocycles. The van der Waals surface area contributed by atoms with E-state index >= 15 is 0 Å². The van der Waals surface area contributed by atoms with Crippen molar-refractivity contribution in [2.45, 2.75) is 57.8 Å². The maximum atomic E-state index is 6.70. The van der Waals surface area contributed by atoms with Crippen molar-refractivity contribution in [3.05, 3.63) is 84.9 Å². The van der Waals surface area contributed by atoms with Crippen LogP contribution in [0.4, 0.5) is 5.69 Å². The molecule has 4 rings (SSSR count). The van der Waals surface area contributed by atoms with Gasteiger partial charge in [-0.1, -0.05) is 99.6 Å². The molecule has 2 nitrogen and oxygen atoms in total. The maximum absolute atomic E-state index is 6.70. The number of para-hydroxylation sites is 1. The SMILES string of the molecule is CC(C)(C)[Si](C)(C)OC[C@H]1CCCN1c1ccccc1P(c1ccccc1)c1ccccc1. The highest BCUT2D eigenvalue weighted by molar-refractivity contribution is 7.80. The molecule has 0 aliphatic carbocycles. The van der Waals surface area contributed by atoms with Crippen molar-refractivity contribution in [2.75, 3.05) is 18.1 Å². The van der Waals surface area contributed by atoms with Gasteiger partial charge >= 0.3 is 0 Å². The normalized spacial score (nSPS) is 17.0. The standard InChI is InChI=1S/C29H38NOPSi/c1-29(2,3)33(4,5)31-23-24-15-14-22-30(24)27-20-12-13-21-28(27)32(25-16-8-6-9-17-25)26-18-10-7-11-19-26/h6-13,16-21,24H,14-15,22-23H2,1-5H3/t24-/m1/s1. The Bertz CT molecular complexity index is 993. The van der Waals surface area contributed by atoms with Crippen LogP contribution in [0.3, 0.4) is 0 Å². The first-order valence-electron chi connectivity index (χ1n) is 12.2. The molecule has 0 spiro atoms. The zero-order valence-electron chi connectivity index (χ0n) is 20.8. The predicted molar refractivity (Wildman–Crippen MR) is 149 cm³/mol. The summed E-state index contributed by atoms with van der Waals surface area (Å²) in [7, 11) is -2.39. The minimum atomic E-state index is -1.77. The molecular formula is C29H38NOPSi. The van der Waals surface area contributed by atoms with Crippen molar-refractivity contribution in [2.24, 2.45) is 0 Å². The third-order valence-electron chi connectivity index (χ3n) is 7.28. The summed E-state index contributed by atoms with van der Waals surface area (Å²) in [5.41, 5.74) is 1.39. The van der Waals surface area contributed by atoms with E-state index in [9.17, 15) is 0 Å². The summed E-state index contributed by atoms with van der Waals surface area (Å²) in [6, 6.07) is 31.6. The summed E-state index contributed by atoms with van der Waals surface area (Å²) in [6.07, 6.45) is 2.44. The number of anilines is 1. The first-order valence-corrected chi connectivity index (χ1v) is 16.4. The third-order valence-corrected chi connectivity index (χ3v) is 14.3. The molecule has 0 N–H and O–H groups in total. The van der Waals surface area contributed by atoms with Crippen LogP contribution in [0.15, 0.2) is 84.9 Å². The van der Waals surface area contributed by atoms with Crippen molar-refractivity contribution in [3.63, 3.8) is 0 Å². The van der Waals surface area contributed by atoms with Gasteiger partial charge in [0.25, 0.3) is 0 Å². The fraction of sp³-hybridized carbons (Fsp3) is 0.379. The summed E-state index contributed by atoms with van der Waals surface area (Å²) in [6.45, 7) is 13.7. The number of hydrogen-bond donors (Lipinski definition) is 0. The van der Waals surface area contributed by atoms with Gasteiger partial charge in [-0.05, 0) is 55.6 Å². The molecule has 0 unspecified atom stereocenters. The number of benzene rings is 3. The topological polar surface area (TPSA) is 12.5 Å². The van der Waals surface area contributed by atoms with Crippen LogP contribution in [0.1, 0.15) is 33.6 Å². The molecule has 1 saturated heterocycles. The first-order chi connectivity index (χ1) is 15.8. The van der Waals surface area contributed by atoms with E-state index in [-0.39, 0.29) is 5.04 Å². The van der Waals surface area contributed by atoms with Gasteiger partial charge in [0, 0.05) is 17.5 Å². The van der Waals surface area contributed by atoms with E-state index in [1.807, 2.05) is 0 Å². The van der Waals surface area contributed by atoms with Crippen LogP contribution >= 0.6 is 7.92 Å². The minimum absolute atomic E-state index is 0.239. The highest BCUT2D eigenvalue weighted by Gasteiger charge is 2.39. The molecule has 33 heavy (non-hydrogen) atoms. The van der Waals surface area contributed by atoms with E-state index in [4.69, 9.17) is 4.43 Å². The van der Waals surface area contributed by atoms with Crippen molar-refractivity contribution < 1.29 is 4.43 Å². The summed E-state index contributed by atoms with van der Waals surface area (Å²) < 4.78 is 6.70. The Kier molecular flexibility index (Phi) is 7.43. The monoisotopic (exact) mass is 475 g/mol. The van der Waals surface area contributed by atoms with Gasteiger partial charge in [-0.15, -0.1) is 0 Å². The quantitative estimate of drug-likeness (QED) is 0.288. The van der Waals surface area contributed by atoms with Crippen LogP contribution < -0.4 is 20.8 Å². The fourth-order valence-corrected chi connectivity index (χ4v) is 7.83. The summed E-state index contributed by atoms with van der Waals surface area (Å²) in [4.78, 5) is 2.64. The van der Waals surface area contributed by atoms with Gasteiger partial charge in [0.2, 0.25) is 0 Å². The summed E-state index contributed by atoms with van der Waals surface area (Å²) in [5.74, 6) is 0. The van der Waals surface area contributed by atoms with Crippen molar-refractivity contribution in [3.8, 4) is 0 Å². The highest BCUT2D eigenvalue weighted by atomic mass is 31.1. The second-order valence-corrected chi connectivity index (χ2v) is 17.6. The summed E-state index contributed by atoms with van der Waals surface area (Å²) in [5, 5.41) is 4.49. The molecule has 1 atom stereocenters. The largest absolute Gasteiger partial charge is 0.415 e. The predicted octanol–water partition coefficient (Wildman–Crippen LogP) is 6.44. The molecular weight excluding hydrogens is 437 g/mol. The average Bonchev–Trinajstić information content (AvgIpc) is 3.28. The number of rotatable bonds is 7. The van der Waals surface area contributed by atoms with Gasteiger partial charge in [-0.3, -0.25) is 0 Å². The molecule has 0 aromatic heterocycles. The summed E-state index contributed by atoms with van der Waals surface area (Å²) >= 11 is 0. The second-order valence-electron chi connectivity index (χ2n) is 10.6. The number of nitrogens with zero attached hydrogens (tertiary/aromatic N) is 1. The molecule has 3 aromatic rings. The molecule has 0 saturated carbocycles. The van der Waals surface area contributed by atoms with E-state index in [1.165, 1.54) is 34.4 Å². The van der Waals surface area contributed by atoms with Gasteiger partial charge in [-0.25, -0.2) is 0 Å². The number of hydrogen-bond acceptors (Lipinski definition) is 2. The Balaban J connectivity index is 1.69. The zero-order valence-corrected chi connectivity index (χ0v) is 22.7. The molecule has 174 valence electrons. The minimum Gasteiger partial charge on any atom is -0.415 e. The van der Waals surface area contributed by atoms with Crippen LogP contribution in [-0.4, -0.2) is 27.5 Å². The molecule has 1 heterocycles. The van der Waals surface area contributed by atoms with E-state index in [1.54, 1.807) is 0 Å². The lowest BCUT2D eigenvalue weighted by atomic mass is 10.2. The van der Waals surface area contributed by atoms with Gasteiger partial charge < -0.3 is 9.33 Å². The highest BCUT2D eigenvalue weighted by Crippen LogP contribution is 2.40. The lowest BCUT2D eigenvalue weighted by Crippen LogP contribution is -2.45. The van der Waals surface area contributed by atoms with Gasteiger partial charge in [0.1, 0.15) is 0 Å². The fourth-order valence-electron chi connectivity index (χ4n) is 4.32. The lowest BCUT2D eigenvalue weighted by Gasteiger charge is -2.38. The van der Waals surface area contributed by atoms with E-state index in [0.29, 0.717) is 6.04 Å². The lowest BCUT2D eigenvalue weighted by molar-refractivity contribution is 0.263. The third kappa shape index (κ3) is 5.43. The molecule has 0 amide bonds. The van der Waals surface area contributed by atoms with E-state index in [0.717, 1.165) is 13.2 Å². The average molecular weight is 476 g/mol. The Hall–Kier alpha value is -1.93. The van der Waals surface area contributed by atoms with Gasteiger partial charge in [0.05, 0.1) is 12.6 Å². The Morgan fingerprint density at radius 1 is 0.848 bits per heavy atom. The van der Waals surface area contributed by atoms with Crippen molar-refractivity contribution in [1.29, 1.82) is 0 Å². The zero-order chi connectivity index (χ0) is 23.5. The first kappa shape index (κ1) is 24.2. The van der Waals surface area contributed by atoms with E-state index in [2.05, 4.69) is 124 Å². The second kappa shape index (κ2) is 10.1. The van der Waals surface area contributed by atoms with Crippen LogP contribution in [-0.2, 0) is 4.43 Å². The van der Waals surface area contributed by atoms with E-state index < -0.39 is 16.2 Å². The smallest absolute Gasteiger partial charge is 0.192 e. The van der Waals surface area contributed by atoms with Crippen LogP contribution in [0.25, 0.3) is 0 Å². The van der Waals surface area contributed by atoms with Crippen LogP contribution in [0.5, 0.6) is 0 Å². The van der Waals surface area contributed by atoms with Gasteiger partial charge in [0.15, 0.2) is 8.32 Å². The Morgan fingerprint density at radius 2 is 1.39 bits per heavy atom. The molecule has 4 heteroatoms. The van der Waals surface area contributed by atoms with Crippen LogP contribution in [0.2, 0.25) is 18.1 Å². The van der Waals surface area contributed by atoms with Crippen molar-refractivity contribution in [1.82, 2.24) is 0 Å². The van der Waals surface area contributed by atoms with Crippen molar-refractivity contribution >= 4 is 37.8 Å². The molecule has 1 aliphatic heterocycles. The molecule has 1 aliphatic rings. The van der Waals surface area contributed by atoms with Gasteiger partial charge in [-0.2, -0.15) is 0 Å². The van der Waals surface area contributed by atoms with Crippen LogP contribution in [0, 0.1) is 0 Å². The Labute approximate surface area is 202 Å². The molecule has 1 fully saturated rings. The molecule has 0 bridgehead atoms. The Morgan fingerprint density at radius 3 is 1.97 bits per heavy atom. The molecule has 0 radical (unpaired) electrons. The maximum Gasteiger partial charge on any atom is 0.192 e.